The minimum atomic E-state index is -0.785. The summed E-state index contributed by atoms with van der Waals surface area (Å²) in [5.41, 5.74) is 0.412. The van der Waals surface area contributed by atoms with E-state index in [1.54, 1.807) is 25.3 Å². The second kappa shape index (κ2) is 8.48. The summed E-state index contributed by atoms with van der Waals surface area (Å²) in [5.74, 6) is -0.776. The maximum Gasteiger partial charge on any atom is 0.330 e. The third kappa shape index (κ3) is 4.48. The van der Waals surface area contributed by atoms with Crippen LogP contribution in [0.2, 0.25) is 0 Å². The molecule has 7 heteroatoms. The summed E-state index contributed by atoms with van der Waals surface area (Å²) in [7, 11) is 0. The van der Waals surface area contributed by atoms with Crippen molar-refractivity contribution >= 4 is 24.5 Å². The van der Waals surface area contributed by atoms with Crippen LogP contribution in [0.15, 0.2) is 24.5 Å². The van der Waals surface area contributed by atoms with Gasteiger partial charge in [0.2, 0.25) is 0 Å². The maximum atomic E-state index is 12.5. The molecule has 1 N–H and O–H groups in total. The number of nitrogens with one attached hydrogen (secondary N) is 1. The highest BCUT2D eigenvalue weighted by atomic mass is 32.1. The minimum absolute atomic E-state index is 0.267. The minimum Gasteiger partial charge on any atom is -0.464 e. The number of likely N-dealkylation sites (tertiary alicyclic amines) is 1. The van der Waals surface area contributed by atoms with Crippen molar-refractivity contribution in [3.63, 3.8) is 0 Å². The van der Waals surface area contributed by atoms with Gasteiger partial charge in [0, 0.05) is 17.1 Å². The highest BCUT2D eigenvalue weighted by Gasteiger charge is 2.44. The van der Waals surface area contributed by atoms with Crippen LogP contribution >= 0.6 is 12.6 Å². The van der Waals surface area contributed by atoms with E-state index in [4.69, 9.17) is 17.4 Å². The Kier molecular flexibility index (Phi) is 6.62. The molecule has 1 aliphatic heterocycles. The summed E-state index contributed by atoms with van der Waals surface area (Å²) in [6, 6.07) is 2.56. The van der Waals surface area contributed by atoms with Gasteiger partial charge in [0.15, 0.2) is 0 Å². The lowest BCUT2D eigenvalue weighted by Gasteiger charge is -2.42. The predicted molar refractivity (Wildman–Crippen MR) is 95.2 cm³/mol. The van der Waals surface area contributed by atoms with E-state index in [2.05, 4.69) is 22.1 Å². The number of piperidine rings is 1. The first kappa shape index (κ1) is 18.7. The molecule has 0 radical (unpaired) electrons. The molecule has 132 valence electrons. The molecule has 0 saturated carbocycles. The van der Waals surface area contributed by atoms with Crippen LogP contribution in [0.1, 0.15) is 37.0 Å². The second-order valence-electron chi connectivity index (χ2n) is 5.94. The van der Waals surface area contributed by atoms with Gasteiger partial charge in [-0.1, -0.05) is 6.92 Å². The first-order valence-corrected chi connectivity index (χ1v) is 8.77. The lowest BCUT2D eigenvalue weighted by atomic mass is 9.87. The molecule has 0 spiro atoms. The number of hydrogen-bond donors (Lipinski definition) is 2. The molecule has 0 aromatic carbocycles. The van der Waals surface area contributed by atoms with Crippen LogP contribution in [0.3, 0.4) is 0 Å². The van der Waals surface area contributed by atoms with Gasteiger partial charge in [-0.15, -0.1) is 0 Å². The van der Waals surface area contributed by atoms with Crippen molar-refractivity contribution in [2.45, 2.75) is 37.5 Å². The smallest absolute Gasteiger partial charge is 0.330 e. The molecule has 0 bridgehead atoms. The first-order chi connectivity index (χ1) is 11.5. The Balaban J connectivity index is 2.16. The molecular formula is C17H25N3O3S. The molecular weight excluding hydrogens is 326 g/mol. The molecule has 1 amide bonds. The van der Waals surface area contributed by atoms with Gasteiger partial charge >= 0.3 is 5.97 Å². The van der Waals surface area contributed by atoms with Gasteiger partial charge in [0.25, 0.3) is 5.91 Å². The highest BCUT2D eigenvalue weighted by molar-refractivity contribution is 7.82. The van der Waals surface area contributed by atoms with E-state index in [-0.39, 0.29) is 12.5 Å². The number of carbonyl (C=O) groups excluding carboxylic acids is 2. The summed E-state index contributed by atoms with van der Waals surface area (Å²) < 4.78 is 4.57. The fourth-order valence-corrected chi connectivity index (χ4v) is 3.26. The van der Waals surface area contributed by atoms with Crippen LogP contribution in [-0.4, -0.2) is 58.8 Å². The zero-order valence-electron chi connectivity index (χ0n) is 14.2. The van der Waals surface area contributed by atoms with Gasteiger partial charge in [0.1, 0.15) is 6.04 Å². The zero-order chi connectivity index (χ0) is 17.6. The van der Waals surface area contributed by atoms with Crippen LogP contribution in [0.4, 0.5) is 0 Å². The summed E-state index contributed by atoms with van der Waals surface area (Å²) in [5, 5.41) is 2.81. The third-order valence-electron chi connectivity index (χ3n) is 4.43. The number of thiol groups is 1. The molecule has 1 fully saturated rings. The lowest BCUT2D eigenvalue weighted by Crippen LogP contribution is -2.58. The normalized spacial score (nSPS) is 18.6. The Morgan fingerprint density at radius 3 is 2.67 bits per heavy atom. The molecule has 2 rings (SSSR count). The molecule has 2 heterocycles. The van der Waals surface area contributed by atoms with E-state index in [1.165, 1.54) is 6.20 Å². The van der Waals surface area contributed by atoms with Gasteiger partial charge in [-0.05, 0) is 51.5 Å². The summed E-state index contributed by atoms with van der Waals surface area (Å²) >= 11 is 4.79. The standard InChI is InChI=1S/C17H25N3O3S/c1-3-20-10-7-17(24,8-11-20)14(16(22)23-4-2)19-15(21)13-6-5-9-18-12-13/h5-6,9,12,14,24H,3-4,7-8,10-11H2,1-2H3,(H,19,21). The molecule has 6 nitrogen and oxygen atoms in total. The Bertz CT molecular complexity index is 559. The number of nitrogens with zero attached hydrogens (tertiary/aromatic N) is 2. The number of amides is 1. The molecule has 1 unspecified atom stereocenters. The van der Waals surface area contributed by atoms with Gasteiger partial charge in [-0.25, -0.2) is 4.79 Å². The van der Waals surface area contributed by atoms with Gasteiger partial charge in [-0.3, -0.25) is 9.78 Å². The van der Waals surface area contributed by atoms with Gasteiger partial charge in [0.05, 0.1) is 12.2 Å². The molecule has 1 saturated heterocycles. The predicted octanol–water partition coefficient (Wildman–Crippen LogP) is 1.53. The van der Waals surface area contributed by atoms with Gasteiger partial charge in [-0.2, -0.15) is 12.6 Å². The first-order valence-electron chi connectivity index (χ1n) is 8.32. The summed E-state index contributed by atoms with van der Waals surface area (Å²) in [4.78, 5) is 31.2. The number of esters is 1. The van der Waals surface area contributed by atoms with Crippen LogP contribution in [0, 0.1) is 0 Å². The van der Waals surface area contributed by atoms with Crippen LogP contribution < -0.4 is 5.32 Å². The largest absolute Gasteiger partial charge is 0.464 e. The third-order valence-corrected chi connectivity index (χ3v) is 5.13. The van der Waals surface area contributed by atoms with Crippen LogP contribution in [-0.2, 0) is 9.53 Å². The van der Waals surface area contributed by atoms with Crippen LogP contribution in [0.25, 0.3) is 0 Å². The number of rotatable bonds is 6. The van der Waals surface area contributed by atoms with Crippen molar-refractivity contribution in [1.82, 2.24) is 15.2 Å². The number of hydrogen-bond acceptors (Lipinski definition) is 6. The fourth-order valence-electron chi connectivity index (χ4n) is 2.89. The number of aromatic nitrogens is 1. The monoisotopic (exact) mass is 351 g/mol. The van der Waals surface area contributed by atoms with Crippen molar-refractivity contribution < 1.29 is 14.3 Å². The van der Waals surface area contributed by atoms with Crippen molar-refractivity contribution in [3.8, 4) is 0 Å². The van der Waals surface area contributed by atoms with E-state index >= 15 is 0 Å². The molecule has 1 aromatic rings. The molecule has 1 atom stereocenters. The topological polar surface area (TPSA) is 71.5 Å². The van der Waals surface area contributed by atoms with E-state index in [0.717, 1.165) is 19.6 Å². The Morgan fingerprint density at radius 1 is 1.42 bits per heavy atom. The SMILES string of the molecule is CCOC(=O)C(NC(=O)c1cccnc1)C1(S)CCN(CC)CC1. The van der Waals surface area contributed by atoms with Crippen molar-refractivity contribution in [3.05, 3.63) is 30.1 Å². The average molecular weight is 351 g/mol. The number of pyridine rings is 1. The quantitative estimate of drug-likeness (QED) is 0.601. The summed E-state index contributed by atoms with van der Waals surface area (Å²) in [6.45, 7) is 6.79. The van der Waals surface area contributed by atoms with E-state index in [9.17, 15) is 9.59 Å². The van der Waals surface area contributed by atoms with Crippen molar-refractivity contribution in [2.75, 3.05) is 26.2 Å². The Labute approximate surface area is 148 Å². The van der Waals surface area contributed by atoms with Crippen molar-refractivity contribution in [1.29, 1.82) is 0 Å². The maximum absolute atomic E-state index is 12.5. The fraction of sp³-hybridized carbons (Fsp3) is 0.588. The lowest BCUT2D eigenvalue weighted by molar-refractivity contribution is -0.146. The second-order valence-corrected chi connectivity index (χ2v) is 6.83. The summed E-state index contributed by atoms with van der Waals surface area (Å²) in [6.07, 6.45) is 4.49. The zero-order valence-corrected chi connectivity index (χ0v) is 15.1. The Morgan fingerprint density at radius 2 is 2.12 bits per heavy atom. The van der Waals surface area contributed by atoms with Crippen LogP contribution in [0.5, 0.6) is 0 Å². The van der Waals surface area contributed by atoms with Crippen molar-refractivity contribution in [2.24, 2.45) is 0 Å². The molecule has 1 aromatic heterocycles. The highest BCUT2D eigenvalue weighted by Crippen LogP contribution is 2.33. The number of carbonyl (C=O) groups is 2. The Hall–Kier alpha value is -1.60. The average Bonchev–Trinajstić information content (AvgIpc) is 2.61. The van der Waals surface area contributed by atoms with E-state index in [1.807, 2.05) is 0 Å². The molecule has 0 aliphatic carbocycles. The number of ether oxygens (including phenoxy) is 1. The van der Waals surface area contributed by atoms with E-state index in [0.29, 0.717) is 18.4 Å². The molecule has 1 aliphatic rings. The van der Waals surface area contributed by atoms with Gasteiger partial charge < -0.3 is 15.0 Å². The molecule has 24 heavy (non-hydrogen) atoms. The van der Waals surface area contributed by atoms with E-state index < -0.39 is 16.8 Å².